The minimum Gasteiger partial charge on any atom is -0.481 e. The molecule has 1 aliphatic rings. The second kappa shape index (κ2) is 5.28. The van der Waals surface area contributed by atoms with Crippen molar-refractivity contribution in [2.24, 2.45) is 5.41 Å². The third kappa shape index (κ3) is 2.94. The van der Waals surface area contributed by atoms with Crippen LogP contribution >= 0.6 is 15.9 Å². The van der Waals surface area contributed by atoms with Crippen LogP contribution < -0.4 is 5.32 Å². The first-order chi connectivity index (χ1) is 8.93. The molecule has 0 radical (unpaired) electrons. The molecule has 1 fully saturated rings. The van der Waals surface area contributed by atoms with E-state index in [4.69, 9.17) is 5.11 Å². The van der Waals surface area contributed by atoms with Crippen LogP contribution in [0.15, 0.2) is 22.7 Å². The van der Waals surface area contributed by atoms with Crippen LogP contribution in [0.5, 0.6) is 0 Å². The number of halogens is 2. The van der Waals surface area contributed by atoms with E-state index < -0.39 is 17.2 Å². The fourth-order valence-electron chi connectivity index (χ4n) is 2.16. The SMILES string of the molecule is O=C(CC1(C(=O)O)CCC1)Nc1ccc(F)c(Br)c1. The molecule has 2 N–H and O–H groups in total. The van der Waals surface area contributed by atoms with Crippen LogP contribution in [-0.2, 0) is 9.59 Å². The Morgan fingerprint density at radius 3 is 2.58 bits per heavy atom. The van der Waals surface area contributed by atoms with Gasteiger partial charge in [-0.25, -0.2) is 4.39 Å². The predicted molar refractivity (Wildman–Crippen MR) is 71.3 cm³/mol. The molecule has 0 aliphatic heterocycles. The lowest BCUT2D eigenvalue weighted by Gasteiger charge is -2.36. The van der Waals surface area contributed by atoms with Gasteiger partial charge in [0.05, 0.1) is 9.89 Å². The second-order valence-electron chi connectivity index (χ2n) is 4.79. The fourth-order valence-corrected chi connectivity index (χ4v) is 2.54. The van der Waals surface area contributed by atoms with E-state index in [1.807, 2.05) is 0 Å². The summed E-state index contributed by atoms with van der Waals surface area (Å²) in [7, 11) is 0. The number of carbonyl (C=O) groups is 2. The van der Waals surface area contributed by atoms with E-state index in [2.05, 4.69) is 21.2 Å². The van der Waals surface area contributed by atoms with E-state index in [-0.39, 0.29) is 16.8 Å². The number of hydrogen-bond donors (Lipinski definition) is 2. The quantitative estimate of drug-likeness (QED) is 0.891. The van der Waals surface area contributed by atoms with Gasteiger partial charge in [-0.2, -0.15) is 0 Å². The molecule has 102 valence electrons. The number of carboxylic acids is 1. The Labute approximate surface area is 118 Å². The van der Waals surface area contributed by atoms with Gasteiger partial charge in [0.2, 0.25) is 5.91 Å². The van der Waals surface area contributed by atoms with E-state index in [1.165, 1.54) is 18.2 Å². The molecule has 1 aromatic carbocycles. The summed E-state index contributed by atoms with van der Waals surface area (Å²) in [6.45, 7) is 0. The Morgan fingerprint density at radius 2 is 2.11 bits per heavy atom. The van der Waals surface area contributed by atoms with Gasteiger partial charge in [0, 0.05) is 12.1 Å². The molecule has 0 heterocycles. The van der Waals surface area contributed by atoms with Crippen molar-refractivity contribution in [3.8, 4) is 0 Å². The van der Waals surface area contributed by atoms with Crippen molar-refractivity contribution in [2.45, 2.75) is 25.7 Å². The highest BCUT2D eigenvalue weighted by Crippen LogP contribution is 2.44. The van der Waals surface area contributed by atoms with Crippen LogP contribution in [0.25, 0.3) is 0 Å². The van der Waals surface area contributed by atoms with Gasteiger partial charge in [0.15, 0.2) is 0 Å². The van der Waals surface area contributed by atoms with E-state index in [9.17, 15) is 14.0 Å². The van der Waals surface area contributed by atoms with Gasteiger partial charge in [-0.3, -0.25) is 9.59 Å². The zero-order valence-electron chi connectivity index (χ0n) is 10.1. The van der Waals surface area contributed by atoms with Crippen LogP contribution in [-0.4, -0.2) is 17.0 Å². The van der Waals surface area contributed by atoms with E-state index in [0.29, 0.717) is 18.5 Å². The average molecular weight is 330 g/mol. The van der Waals surface area contributed by atoms with Crippen molar-refractivity contribution < 1.29 is 19.1 Å². The van der Waals surface area contributed by atoms with Gasteiger partial charge >= 0.3 is 5.97 Å². The first-order valence-corrected chi connectivity index (χ1v) is 6.71. The van der Waals surface area contributed by atoms with Crippen LogP contribution in [0, 0.1) is 11.2 Å². The maximum absolute atomic E-state index is 13.0. The molecule has 0 saturated heterocycles. The molecule has 1 saturated carbocycles. The molecule has 1 amide bonds. The van der Waals surface area contributed by atoms with Gasteiger partial charge in [-0.05, 0) is 47.0 Å². The Morgan fingerprint density at radius 1 is 1.42 bits per heavy atom. The van der Waals surface area contributed by atoms with E-state index in [1.54, 1.807) is 0 Å². The van der Waals surface area contributed by atoms with Gasteiger partial charge in [0.1, 0.15) is 5.82 Å². The first kappa shape index (κ1) is 14.0. The molecule has 0 spiro atoms. The highest BCUT2D eigenvalue weighted by atomic mass is 79.9. The highest BCUT2D eigenvalue weighted by Gasteiger charge is 2.45. The molecule has 2 rings (SSSR count). The number of nitrogens with one attached hydrogen (secondary N) is 1. The molecule has 0 aromatic heterocycles. The van der Waals surface area contributed by atoms with Crippen LogP contribution in [0.4, 0.5) is 10.1 Å². The van der Waals surface area contributed by atoms with E-state index >= 15 is 0 Å². The Bertz CT molecular complexity index is 529. The van der Waals surface area contributed by atoms with Crippen molar-refractivity contribution in [3.05, 3.63) is 28.5 Å². The number of amides is 1. The van der Waals surface area contributed by atoms with Crippen molar-refractivity contribution in [2.75, 3.05) is 5.32 Å². The van der Waals surface area contributed by atoms with Crippen LogP contribution in [0.3, 0.4) is 0 Å². The summed E-state index contributed by atoms with van der Waals surface area (Å²) in [4.78, 5) is 23.0. The third-order valence-corrected chi connectivity index (χ3v) is 4.07. The van der Waals surface area contributed by atoms with Crippen molar-refractivity contribution >= 4 is 33.5 Å². The molecule has 1 aromatic rings. The van der Waals surface area contributed by atoms with Crippen molar-refractivity contribution in [1.82, 2.24) is 0 Å². The molecule has 0 unspecified atom stereocenters. The second-order valence-corrected chi connectivity index (χ2v) is 5.65. The van der Waals surface area contributed by atoms with Crippen molar-refractivity contribution in [1.29, 1.82) is 0 Å². The topological polar surface area (TPSA) is 66.4 Å². The maximum Gasteiger partial charge on any atom is 0.310 e. The minimum absolute atomic E-state index is 0.0443. The Hall–Kier alpha value is -1.43. The number of benzene rings is 1. The van der Waals surface area contributed by atoms with E-state index in [0.717, 1.165) is 6.42 Å². The number of rotatable bonds is 4. The summed E-state index contributed by atoms with van der Waals surface area (Å²) in [6, 6.07) is 4.11. The number of carboxylic acid groups (broad SMARTS) is 1. The van der Waals surface area contributed by atoms with Gasteiger partial charge in [-0.1, -0.05) is 6.42 Å². The molecule has 4 nitrogen and oxygen atoms in total. The predicted octanol–water partition coefficient (Wildman–Crippen LogP) is 3.17. The molecule has 0 bridgehead atoms. The van der Waals surface area contributed by atoms with Crippen LogP contribution in [0.2, 0.25) is 0 Å². The van der Waals surface area contributed by atoms with Gasteiger partial charge in [0.25, 0.3) is 0 Å². The Balaban J connectivity index is 2.01. The monoisotopic (exact) mass is 329 g/mol. The Kier molecular flexibility index (Phi) is 3.89. The largest absolute Gasteiger partial charge is 0.481 e. The normalized spacial score (nSPS) is 16.5. The average Bonchev–Trinajstić information content (AvgIpc) is 2.28. The highest BCUT2D eigenvalue weighted by molar-refractivity contribution is 9.10. The summed E-state index contributed by atoms with van der Waals surface area (Å²) < 4.78 is 13.3. The lowest BCUT2D eigenvalue weighted by molar-refractivity contribution is -0.157. The fraction of sp³-hybridized carbons (Fsp3) is 0.385. The summed E-state index contributed by atoms with van der Waals surface area (Å²) in [6.07, 6.45) is 1.85. The van der Waals surface area contributed by atoms with Gasteiger partial charge in [-0.15, -0.1) is 0 Å². The number of aliphatic carboxylic acids is 1. The summed E-state index contributed by atoms with van der Waals surface area (Å²) >= 11 is 3.03. The zero-order valence-corrected chi connectivity index (χ0v) is 11.7. The molecule has 6 heteroatoms. The first-order valence-electron chi connectivity index (χ1n) is 5.91. The lowest BCUT2D eigenvalue weighted by Crippen LogP contribution is -2.41. The molecule has 0 atom stereocenters. The molecular formula is C13H13BrFNO3. The number of anilines is 1. The number of carbonyl (C=O) groups excluding carboxylic acids is 1. The molecule has 19 heavy (non-hydrogen) atoms. The molecular weight excluding hydrogens is 317 g/mol. The summed E-state index contributed by atoms with van der Waals surface area (Å²) in [5.74, 6) is -1.70. The third-order valence-electron chi connectivity index (χ3n) is 3.47. The standard InChI is InChI=1S/C13H13BrFNO3/c14-9-6-8(2-3-10(9)15)16-11(17)7-13(12(18)19)4-1-5-13/h2-3,6H,1,4-5,7H2,(H,16,17)(H,18,19). The maximum atomic E-state index is 13.0. The molecule has 1 aliphatic carbocycles. The minimum atomic E-state index is -0.922. The van der Waals surface area contributed by atoms with Gasteiger partial charge < -0.3 is 10.4 Å². The zero-order chi connectivity index (χ0) is 14.0. The number of hydrogen-bond acceptors (Lipinski definition) is 2. The summed E-state index contributed by atoms with van der Waals surface area (Å²) in [5.41, 5.74) is -0.473. The lowest BCUT2D eigenvalue weighted by atomic mass is 9.66. The van der Waals surface area contributed by atoms with Crippen LogP contribution in [0.1, 0.15) is 25.7 Å². The summed E-state index contributed by atoms with van der Waals surface area (Å²) in [5, 5.41) is 11.7. The van der Waals surface area contributed by atoms with Crippen molar-refractivity contribution in [3.63, 3.8) is 0 Å². The smallest absolute Gasteiger partial charge is 0.310 e.